The molecule has 1 fully saturated rings. The van der Waals surface area contributed by atoms with Gasteiger partial charge in [-0.05, 0) is 26.3 Å². The Morgan fingerprint density at radius 2 is 2.40 bits per heavy atom. The summed E-state index contributed by atoms with van der Waals surface area (Å²) < 4.78 is 18.7. The number of halogens is 1. The molecule has 20 heavy (non-hydrogen) atoms. The van der Waals surface area contributed by atoms with E-state index in [9.17, 15) is 9.18 Å². The topological polar surface area (TPSA) is 63.2 Å². The van der Waals surface area contributed by atoms with Crippen LogP contribution < -0.4 is 10.6 Å². The van der Waals surface area contributed by atoms with Gasteiger partial charge in [-0.2, -0.15) is 0 Å². The van der Waals surface area contributed by atoms with Crippen molar-refractivity contribution in [2.75, 3.05) is 25.0 Å². The van der Waals surface area contributed by atoms with E-state index in [-0.39, 0.29) is 17.6 Å². The first kappa shape index (κ1) is 14.7. The Kier molecular flexibility index (Phi) is 4.89. The number of carbonyl (C=O) groups is 1. The Bertz CT molecular complexity index is 481. The van der Waals surface area contributed by atoms with Crippen molar-refractivity contribution < 1.29 is 13.9 Å². The van der Waals surface area contributed by atoms with Crippen molar-refractivity contribution in [3.05, 3.63) is 23.6 Å². The van der Waals surface area contributed by atoms with Crippen molar-refractivity contribution in [1.82, 2.24) is 10.3 Å². The van der Waals surface area contributed by atoms with Crippen LogP contribution in [0.2, 0.25) is 0 Å². The van der Waals surface area contributed by atoms with E-state index >= 15 is 0 Å². The molecule has 5 nitrogen and oxygen atoms in total. The zero-order valence-electron chi connectivity index (χ0n) is 11.8. The number of nitrogens with one attached hydrogen (secondary N) is 2. The Balaban J connectivity index is 2.02. The molecule has 1 amide bonds. The number of hydrogen-bond donors (Lipinski definition) is 2. The van der Waals surface area contributed by atoms with Gasteiger partial charge in [-0.1, -0.05) is 0 Å². The second-order valence-electron chi connectivity index (χ2n) is 4.91. The van der Waals surface area contributed by atoms with Crippen LogP contribution >= 0.6 is 0 Å². The monoisotopic (exact) mass is 281 g/mol. The van der Waals surface area contributed by atoms with Gasteiger partial charge in [0.05, 0.1) is 17.9 Å². The molecular weight excluding hydrogens is 261 g/mol. The maximum atomic E-state index is 13.3. The van der Waals surface area contributed by atoms with E-state index in [0.29, 0.717) is 24.8 Å². The van der Waals surface area contributed by atoms with Gasteiger partial charge in [0.1, 0.15) is 11.6 Å². The summed E-state index contributed by atoms with van der Waals surface area (Å²) in [5, 5.41) is 5.79. The van der Waals surface area contributed by atoms with Crippen molar-refractivity contribution in [2.45, 2.75) is 26.4 Å². The highest BCUT2D eigenvalue weighted by molar-refractivity contribution is 5.98. The van der Waals surface area contributed by atoms with Gasteiger partial charge >= 0.3 is 0 Å². The number of ether oxygens (including phenoxy) is 1. The number of rotatable bonds is 5. The minimum atomic E-state index is -0.519. The highest BCUT2D eigenvalue weighted by Gasteiger charge is 2.25. The first-order chi connectivity index (χ1) is 9.61. The average Bonchev–Trinajstić information content (AvgIpc) is 2.84. The number of aromatic nitrogens is 1. The lowest BCUT2D eigenvalue weighted by molar-refractivity contribution is 0.0907. The molecule has 1 aromatic rings. The van der Waals surface area contributed by atoms with E-state index in [1.807, 2.05) is 13.8 Å². The van der Waals surface area contributed by atoms with E-state index in [4.69, 9.17) is 4.74 Å². The normalized spacial score (nSPS) is 21.8. The third-order valence-corrected chi connectivity index (χ3v) is 3.50. The molecule has 1 aromatic heterocycles. The second kappa shape index (κ2) is 6.65. The summed E-state index contributed by atoms with van der Waals surface area (Å²) in [7, 11) is 0. The predicted molar refractivity (Wildman–Crippen MR) is 74.2 cm³/mol. The lowest BCUT2D eigenvalue weighted by Gasteiger charge is -2.15. The van der Waals surface area contributed by atoms with Gasteiger partial charge in [-0.15, -0.1) is 0 Å². The number of pyridine rings is 1. The summed E-state index contributed by atoms with van der Waals surface area (Å²) in [4.78, 5) is 16.1. The molecule has 1 aliphatic heterocycles. The highest BCUT2D eigenvalue weighted by atomic mass is 19.1. The molecule has 2 N–H and O–H groups in total. The van der Waals surface area contributed by atoms with Crippen LogP contribution in [0.1, 0.15) is 30.6 Å². The highest BCUT2D eigenvalue weighted by Crippen LogP contribution is 2.20. The molecule has 0 spiro atoms. The third kappa shape index (κ3) is 3.45. The molecule has 0 aliphatic carbocycles. The largest absolute Gasteiger partial charge is 0.378 e. The van der Waals surface area contributed by atoms with E-state index in [1.54, 1.807) is 0 Å². The van der Waals surface area contributed by atoms with Crippen molar-refractivity contribution in [3.63, 3.8) is 0 Å². The molecule has 1 aliphatic rings. The maximum Gasteiger partial charge on any atom is 0.255 e. The summed E-state index contributed by atoms with van der Waals surface area (Å²) in [6.45, 7) is 5.77. The van der Waals surface area contributed by atoms with E-state index in [0.717, 1.165) is 19.2 Å². The number of carbonyl (C=O) groups excluding carboxylic acids is 1. The number of nitrogens with zero attached hydrogens (tertiary/aromatic N) is 1. The molecule has 2 unspecified atom stereocenters. The molecule has 0 saturated carbocycles. The minimum absolute atomic E-state index is 0.147. The van der Waals surface area contributed by atoms with Crippen LogP contribution in [-0.4, -0.2) is 36.7 Å². The number of anilines is 1. The maximum absolute atomic E-state index is 13.3. The van der Waals surface area contributed by atoms with Crippen LogP contribution in [0, 0.1) is 11.7 Å². The Morgan fingerprint density at radius 1 is 1.60 bits per heavy atom. The van der Waals surface area contributed by atoms with Gasteiger partial charge in [-0.25, -0.2) is 9.37 Å². The van der Waals surface area contributed by atoms with Crippen LogP contribution in [-0.2, 0) is 4.74 Å². The van der Waals surface area contributed by atoms with Gasteiger partial charge in [0, 0.05) is 25.6 Å². The SMILES string of the molecule is CCNc1ncc(F)cc1C(=O)NCC1CCOC1C. The zero-order valence-corrected chi connectivity index (χ0v) is 11.8. The van der Waals surface area contributed by atoms with Gasteiger partial charge in [-0.3, -0.25) is 4.79 Å². The summed E-state index contributed by atoms with van der Waals surface area (Å²) >= 11 is 0. The first-order valence-corrected chi connectivity index (χ1v) is 6.91. The average molecular weight is 281 g/mol. The van der Waals surface area contributed by atoms with E-state index in [1.165, 1.54) is 6.07 Å². The molecule has 0 aromatic carbocycles. The van der Waals surface area contributed by atoms with Crippen LogP contribution in [0.4, 0.5) is 10.2 Å². The van der Waals surface area contributed by atoms with Crippen molar-refractivity contribution in [1.29, 1.82) is 0 Å². The molecule has 110 valence electrons. The predicted octanol–water partition coefficient (Wildman–Crippen LogP) is 1.81. The lowest BCUT2D eigenvalue weighted by Crippen LogP contribution is -2.32. The van der Waals surface area contributed by atoms with Gasteiger partial charge < -0.3 is 15.4 Å². The molecule has 2 heterocycles. The fourth-order valence-electron chi connectivity index (χ4n) is 2.28. The fourth-order valence-corrected chi connectivity index (χ4v) is 2.28. The standard InChI is InChI=1S/C14H20FN3O2/c1-3-16-13-12(6-11(15)8-17-13)14(19)18-7-10-4-5-20-9(10)2/h6,8-10H,3-5,7H2,1-2H3,(H,16,17)(H,18,19). The zero-order chi connectivity index (χ0) is 14.5. The van der Waals surface area contributed by atoms with Crippen LogP contribution in [0.15, 0.2) is 12.3 Å². The molecule has 2 atom stereocenters. The Morgan fingerprint density at radius 3 is 3.05 bits per heavy atom. The van der Waals surface area contributed by atoms with Gasteiger partial charge in [0.25, 0.3) is 5.91 Å². The van der Waals surface area contributed by atoms with Crippen LogP contribution in [0.3, 0.4) is 0 Å². The number of hydrogen-bond acceptors (Lipinski definition) is 4. The van der Waals surface area contributed by atoms with Gasteiger partial charge in [0.2, 0.25) is 0 Å². The van der Waals surface area contributed by atoms with Crippen LogP contribution in [0.25, 0.3) is 0 Å². The molecule has 0 bridgehead atoms. The van der Waals surface area contributed by atoms with Gasteiger partial charge in [0.15, 0.2) is 0 Å². The fraction of sp³-hybridized carbons (Fsp3) is 0.571. The third-order valence-electron chi connectivity index (χ3n) is 3.50. The molecular formula is C14H20FN3O2. The van der Waals surface area contributed by atoms with E-state index < -0.39 is 5.82 Å². The smallest absolute Gasteiger partial charge is 0.255 e. The lowest BCUT2D eigenvalue weighted by atomic mass is 10.0. The molecule has 1 saturated heterocycles. The molecule has 2 rings (SSSR count). The van der Waals surface area contributed by atoms with E-state index in [2.05, 4.69) is 15.6 Å². The van der Waals surface area contributed by atoms with Crippen LogP contribution in [0.5, 0.6) is 0 Å². The summed E-state index contributed by atoms with van der Waals surface area (Å²) in [6.07, 6.45) is 2.18. The second-order valence-corrected chi connectivity index (χ2v) is 4.91. The Labute approximate surface area is 117 Å². The number of amides is 1. The van der Waals surface area contributed by atoms with Crippen molar-refractivity contribution in [2.24, 2.45) is 5.92 Å². The Hall–Kier alpha value is -1.69. The first-order valence-electron chi connectivity index (χ1n) is 6.91. The van der Waals surface area contributed by atoms with Crippen molar-refractivity contribution in [3.8, 4) is 0 Å². The minimum Gasteiger partial charge on any atom is -0.378 e. The molecule has 6 heteroatoms. The summed E-state index contributed by atoms with van der Waals surface area (Å²) in [6, 6.07) is 1.20. The van der Waals surface area contributed by atoms with Crippen molar-refractivity contribution >= 4 is 11.7 Å². The summed E-state index contributed by atoms with van der Waals surface area (Å²) in [5.74, 6) is -0.119. The quantitative estimate of drug-likeness (QED) is 0.864. The molecule has 0 radical (unpaired) electrons. The summed E-state index contributed by atoms with van der Waals surface area (Å²) in [5.41, 5.74) is 0.235.